The van der Waals surface area contributed by atoms with Crippen LogP contribution in [0, 0.1) is 6.92 Å². The smallest absolute Gasteiger partial charge is 0.133 e. The van der Waals surface area contributed by atoms with E-state index in [4.69, 9.17) is 11.6 Å². The summed E-state index contributed by atoms with van der Waals surface area (Å²) in [6, 6.07) is 7.87. The van der Waals surface area contributed by atoms with Crippen molar-refractivity contribution < 1.29 is 0 Å². The van der Waals surface area contributed by atoms with Crippen molar-refractivity contribution in [3.8, 4) is 0 Å². The van der Waals surface area contributed by atoms with Crippen LogP contribution in [0.15, 0.2) is 24.3 Å². The number of aryl methyl sites for hydroxylation is 1. The molecule has 1 aromatic heterocycles. The second-order valence-corrected chi connectivity index (χ2v) is 5.32. The number of aromatic nitrogens is 2. The van der Waals surface area contributed by atoms with E-state index in [9.17, 15) is 0 Å². The van der Waals surface area contributed by atoms with Crippen molar-refractivity contribution in [1.82, 2.24) is 15.3 Å². The van der Waals surface area contributed by atoms with Crippen molar-refractivity contribution in [2.45, 2.75) is 26.3 Å². The number of rotatable bonds is 2. The molecule has 0 atom stereocenters. The monoisotopic (exact) mass is 273 g/mol. The van der Waals surface area contributed by atoms with E-state index in [1.54, 1.807) is 0 Å². The van der Waals surface area contributed by atoms with Gasteiger partial charge in [0.1, 0.15) is 5.82 Å². The molecule has 4 heteroatoms. The van der Waals surface area contributed by atoms with Crippen LogP contribution < -0.4 is 5.32 Å². The van der Waals surface area contributed by atoms with Gasteiger partial charge in [0.15, 0.2) is 0 Å². The third-order valence-electron chi connectivity index (χ3n) is 3.47. The van der Waals surface area contributed by atoms with Gasteiger partial charge in [-0.2, -0.15) is 0 Å². The zero-order valence-electron chi connectivity index (χ0n) is 10.9. The highest BCUT2D eigenvalue weighted by Gasteiger charge is 2.15. The van der Waals surface area contributed by atoms with Crippen LogP contribution in [0.5, 0.6) is 0 Å². The SMILES string of the molecule is Cc1nc(Cc2ccc(Cl)cc2)nc2c1CCNC2. The first kappa shape index (κ1) is 12.6. The van der Waals surface area contributed by atoms with E-state index in [0.717, 1.165) is 48.2 Å². The van der Waals surface area contributed by atoms with Crippen LogP contribution in [0.1, 0.15) is 28.3 Å². The van der Waals surface area contributed by atoms with Crippen LogP contribution in [0.4, 0.5) is 0 Å². The fraction of sp³-hybridized carbons (Fsp3) is 0.333. The minimum Gasteiger partial charge on any atom is -0.311 e. The summed E-state index contributed by atoms with van der Waals surface area (Å²) in [4.78, 5) is 9.32. The highest BCUT2D eigenvalue weighted by atomic mass is 35.5. The average Bonchev–Trinajstić information content (AvgIpc) is 2.42. The van der Waals surface area contributed by atoms with Gasteiger partial charge in [0.2, 0.25) is 0 Å². The molecule has 0 spiro atoms. The quantitative estimate of drug-likeness (QED) is 0.914. The van der Waals surface area contributed by atoms with Crippen molar-refractivity contribution in [2.75, 3.05) is 6.54 Å². The van der Waals surface area contributed by atoms with Crippen molar-refractivity contribution in [3.63, 3.8) is 0 Å². The minimum atomic E-state index is 0.755. The maximum Gasteiger partial charge on any atom is 0.133 e. The summed E-state index contributed by atoms with van der Waals surface area (Å²) in [5.41, 5.74) is 4.78. The first-order valence-electron chi connectivity index (χ1n) is 6.53. The Kier molecular flexibility index (Phi) is 3.49. The van der Waals surface area contributed by atoms with Crippen molar-refractivity contribution in [1.29, 1.82) is 0 Å². The van der Waals surface area contributed by atoms with E-state index in [0.29, 0.717) is 0 Å². The lowest BCUT2D eigenvalue weighted by molar-refractivity contribution is 0.613. The Bertz CT molecular complexity index is 593. The second-order valence-electron chi connectivity index (χ2n) is 4.88. The molecule has 19 heavy (non-hydrogen) atoms. The molecule has 2 heterocycles. The highest BCUT2D eigenvalue weighted by Crippen LogP contribution is 2.17. The van der Waals surface area contributed by atoms with E-state index in [2.05, 4.69) is 22.2 Å². The molecule has 2 aromatic rings. The maximum absolute atomic E-state index is 5.90. The standard InChI is InChI=1S/C15H16ClN3/c1-10-13-6-7-17-9-14(13)19-15(18-10)8-11-2-4-12(16)5-3-11/h2-5,17H,6-9H2,1H3. The third-order valence-corrected chi connectivity index (χ3v) is 3.72. The zero-order valence-corrected chi connectivity index (χ0v) is 11.7. The molecule has 0 bridgehead atoms. The number of halogens is 1. The molecular formula is C15H16ClN3. The zero-order chi connectivity index (χ0) is 13.2. The number of hydrogen-bond acceptors (Lipinski definition) is 3. The lowest BCUT2D eigenvalue weighted by Crippen LogP contribution is -2.26. The van der Waals surface area contributed by atoms with E-state index in [1.807, 2.05) is 24.3 Å². The fourth-order valence-corrected chi connectivity index (χ4v) is 2.60. The summed E-state index contributed by atoms with van der Waals surface area (Å²) in [6.07, 6.45) is 1.79. The molecule has 0 fully saturated rings. The summed E-state index contributed by atoms with van der Waals surface area (Å²) in [5.74, 6) is 0.891. The highest BCUT2D eigenvalue weighted by molar-refractivity contribution is 6.30. The number of hydrogen-bond donors (Lipinski definition) is 1. The molecule has 1 aliphatic rings. The van der Waals surface area contributed by atoms with Crippen LogP contribution in [0.2, 0.25) is 5.02 Å². The molecule has 1 aromatic carbocycles. The maximum atomic E-state index is 5.90. The number of benzene rings is 1. The van der Waals surface area contributed by atoms with Crippen LogP contribution in [0.25, 0.3) is 0 Å². The molecular weight excluding hydrogens is 258 g/mol. The molecule has 3 nitrogen and oxygen atoms in total. The molecule has 0 saturated carbocycles. The summed E-state index contributed by atoms with van der Waals surface area (Å²) in [7, 11) is 0. The van der Waals surface area contributed by atoms with Crippen molar-refractivity contribution in [3.05, 3.63) is 57.6 Å². The van der Waals surface area contributed by atoms with Crippen molar-refractivity contribution >= 4 is 11.6 Å². The normalized spacial score (nSPS) is 14.2. The van der Waals surface area contributed by atoms with Gasteiger partial charge in [0.25, 0.3) is 0 Å². The van der Waals surface area contributed by atoms with Crippen LogP contribution in [-0.4, -0.2) is 16.5 Å². The van der Waals surface area contributed by atoms with Gasteiger partial charge in [-0.15, -0.1) is 0 Å². The van der Waals surface area contributed by atoms with Gasteiger partial charge in [0, 0.05) is 23.7 Å². The Hall–Kier alpha value is -1.45. The predicted octanol–water partition coefficient (Wildman–Crippen LogP) is 2.67. The first-order chi connectivity index (χ1) is 9.22. The van der Waals surface area contributed by atoms with Crippen LogP contribution in [0.3, 0.4) is 0 Å². The van der Waals surface area contributed by atoms with Gasteiger partial charge in [-0.05, 0) is 43.1 Å². The van der Waals surface area contributed by atoms with Crippen molar-refractivity contribution in [2.24, 2.45) is 0 Å². The van der Waals surface area contributed by atoms with Crippen LogP contribution >= 0.6 is 11.6 Å². The Labute approximate surface area is 118 Å². The minimum absolute atomic E-state index is 0.755. The Morgan fingerprint density at radius 2 is 2.00 bits per heavy atom. The lowest BCUT2D eigenvalue weighted by atomic mass is 10.0. The first-order valence-corrected chi connectivity index (χ1v) is 6.90. The molecule has 1 N–H and O–H groups in total. The molecule has 3 rings (SSSR count). The van der Waals surface area contributed by atoms with Gasteiger partial charge >= 0.3 is 0 Å². The molecule has 0 saturated heterocycles. The van der Waals surface area contributed by atoms with Gasteiger partial charge < -0.3 is 5.32 Å². The van der Waals surface area contributed by atoms with Gasteiger partial charge in [-0.1, -0.05) is 23.7 Å². The lowest BCUT2D eigenvalue weighted by Gasteiger charge is -2.18. The molecule has 1 aliphatic heterocycles. The Morgan fingerprint density at radius 3 is 2.79 bits per heavy atom. The average molecular weight is 274 g/mol. The second kappa shape index (κ2) is 5.27. The molecule has 0 unspecified atom stereocenters. The summed E-state index contributed by atoms with van der Waals surface area (Å²) < 4.78 is 0. The fourth-order valence-electron chi connectivity index (χ4n) is 2.47. The number of fused-ring (bicyclic) bond motifs is 1. The predicted molar refractivity (Wildman–Crippen MR) is 76.4 cm³/mol. The van der Waals surface area contributed by atoms with E-state index in [1.165, 1.54) is 11.1 Å². The largest absolute Gasteiger partial charge is 0.311 e. The number of nitrogens with one attached hydrogen (secondary N) is 1. The molecule has 0 radical (unpaired) electrons. The Morgan fingerprint density at radius 1 is 1.21 bits per heavy atom. The van der Waals surface area contributed by atoms with Crippen LogP contribution in [-0.2, 0) is 19.4 Å². The third kappa shape index (κ3) is 2.77. The van der Waals surface area contributed by atoms with Gasteiger partial charge in [-0.25, -0.2) is 9.97 Å². The molecule has 0 aliphatic carbocycles. The summed E-state index contributed by atoms with van der Waals surface area (Å²) in [6.45, 7) is 3.96. The van der Waals surface area contributed by atoms with E-state index in [-0.39, 0.29) is 0 Å². The summed E-state index contributed by atoms with van der Waals surface area (Å²) in [5, 5.41) is 4.12. The van der Waals surface area contributed by atoms with E-state index >= 15 is 0 Å². The van der Waals surface area contributed by atoms with E-state index < -0.39 is 0 Å². The molecule has 0 amide bonds. The Balaban J connectivity index is 1.89. The summed E-state index contributed by atoms with van der Waals surface area (Å²) >= 11 is 5.90. The molecule has 98 valence electrons. The number of nitrogens with zero attached hydrogens (tertiary/aromatic N) is 2. The van der Waals surface area contributed by atoms with Gasteiger partial charge in [0.05, 0.1) is 5.69 Å². The van der Waals surface area contributed by atoms with Gasteiger partial charge in [-0.3, -0.25) is 0 Å². The topological polar surface area (TPSA) is 37.8 Å².